The van der Waals surface area contributed by atoms with Crippen molar-refractivity contribution < 1.29 is 19.1 Å². The summed E-state index contributed by atoms with van der Waals surface area (Å²) in [6.07, 6.45) is 1.05. The Morgan fingerprint density at radius 3 is 2.60 bits per heavy atom. The van der Waals surface area contributed by atoms with Crippen molar-refractivity contribution in [1.82, 2.24) is 0 Å². The van der Waals surface area contributed by atoms with E-state index < -0.39 is 12.1 Å². The standard InChI is InChI=1S/C13H15Cl2NO4/c1-3-4-7-20-13(18)16-9-6-5-8(14)10(11(9)15)12(17)19-2/h5-6H,3-4,7H2,1-2H3,(H,16,18). The van der Waals surface area contributed by atoms with Gasteiger partial charge < -0.3 is 9.47 Å². The summed E-state index contributed by atoms with van der Waals surface area (Å²) in [6, 6.07) is 2.93. The van der Waals surface area contributed by atoms with Gasteiger partial charge in [-0.15, -0.1) is 0 Å². The molecule has 0 atom stereocenters. The Kier molecular flexibility index (Phi) is 6.61. The minimum absolute atomic E-state index is 0.00203. The van der Waals surface area contributed by atoms with E-state index in [2.05, 4.69) is 10.1 Å². The van der Waals surface area contributed by atoms with Crippen LogP contribution in [-0.2, 0) is 9.47 Å². The average Bonchev–Trinajstić information content (AvgIpc) is 2.42. The summed E-state index contributed by atoms with van der Waals surface area (Å²) in [7, 11) is 1.22. The number of unbranched alkanes of at least 4 members (excludes halogenated alkanes) is 1. The number of rotatable bonds is 5. The molecule has 0 radical (unpaired) electrons. The SMILES string of the molecule is CCCCOC(=O)Nc1ccc(Cl)c(C(=O)OC)c1Cl. The minimum atomic E-state index is -0.678. The van der Waals surface area contributed by atoms with Crippen molar-refractivity contribution in [3.8, 4) is 0 Å². The normalized spacial score (nSPS) is 10.0. The minimum Gasteiger partial charge on any atom is -0.465 e. The fourth-order valence-electron chi connectivity index (χ4n) is 1.39. The second kappa shape index (κ2) is 7.97. The van der Waals surface area contributed by atoms with Gasteiger partial charge in [0.25, 0.3) is 0 Å². The highest BCUT2D eigenvalue weighted by Crippen LogP contribution is 2.32. The molecule has 0 saturated carbocycles. The van der Waals surface area contributed by atoms with Gasteiger partial charge in [-0.3, -0.25) is 5.32 Å². The number of hydrogen-bond donors (Lipinski definition) is 1. The van der Waals surface area contributed by atoms with E-state index in [9.17, 15) is 9.59 Å². The Morgan fingerprint density at radius 2 is 2.00 bits per heavy atom. The van der Waals surface area contributed by atoms with Crippen LogP contribution in [0.4, 0.5) is 10.5 Å². The summed E-state index contributed by atoms with van der Waals surface area (Å²) in [5.74, 6) is -0.678. The predicted octanol–water partition coefficient (Wildman–Crippen LogP) is 4.13. The molecular weight excluding hydrogens is 305 g/mol. The van der Waals surface area contributed by atoms with Crippen molar-refractivity contribution in [3.05, 3.63) is 27.7 Å². The van der Waals surface area contributed by atoms with E-state index in [1.54, 1.807) is 0 Å². The Balaban J connectivity index is 2.86. The van der Waals surface area contributed by atoms with E-state index in [1.165, 1.54) is 19.2 Å². The fraction of sp³-hybridized carbons (Fsp3) is 0.385. The van der Waals surface area contributed by atoms with Crippen LogP contribution in [0.2, 0.25) is 10.0 Å². The molecule has 0 aliphatic carbocycles. The number of hydrogen-bond acceptors (Lipinski definition) is 4. The number of nitrogens with one attached hydrogen (secondary N) is 1. The number of ether oxygens (including phenoxy) is 2. The smallest absolute Gasteiger partial charge is 0.411 e. The molecule has 0 fully saturated rings. The number of carbonyl (C=O) groups excluding carboxylic acids is 2. The van der Waals surface area contributed by atoms with Crippen LogP contribution in [0.3, 0.4) is 0 Å². The molecule has 0 aromatic heterocycles. The zero-order chi connectivity index (χ0) is 15.1. The Bertz CT molecular complexity index is 505. The first-order valence-corrected chi connectivity index (χ1v) is 6.77. The maximum absolute atomic E-state index is 11.6. The van der Waals surface area contributed by atoms with Crippen molar-refractivity contribution >= 4 is 41.0 Å². The van der Waals surface area contributed by atoms with E-state index in [4.69, 9.17) is 27.9 Å². The van der Waals surface area contributed by atoms with E-state index in [0.29, 0.717) is 6.61 Å². The molecule has 0 spiro atoms. The average molecular weight is 320 g/mol. The van der Waals surface area contributed by atoms with Gasteiger partial charge in [0.05, 0.1) is 35.0 Å². The number of carbonyl (C=O) groups is 2. The number of anilines is 1. The lowest BCUT2D eigenvalue weighted by atomic mass is 10.2. The third-order valence-electron chi connectivity index (χ3n) is 2.45. The predicted molar refractivity (Wildman–Crippen MR) is 77.7 cm³/mol. The molecule has 0 aliphatic heterocycles. The van der Waals surface area contributed by atoms with Crippen LogP contribution < -0.4 is 5.32 Å². The monoisotopic (exact) mass is 319 g/mol. The molecule has 1 rings (SSSR count). The lowest BCUT2D eigenvalue weighted by Crippen LogP contribution is -2.15. The van der Waals surface area contributed by atoms with Crippen LogP contribution in [0.5, 0.6) is 0 Å². The Morgan fingerprint density at radius 1 is 1.30 bits per heavy atom. The highest BCUT2D eigenvalue weighted by atomic mass is 35.5. The summed E-state index contributed by atoms with van der Waals surface area (Å²) in [5.41, 5.74) is 0.236. The maximum Gasteiger partial charge on any atom is 0.411 e. The fourth-order valence-corrected chi connectivity index (χ4v) is 1.97. The molecule has 1 amide bonds. The summed E-state index contributed by atoms with van der Waals surface area (Å²) in [4.78, 5) is 23.1. The quantitative estimate of drug-likeness (QED) is 0.654. The number of methoxy groups -OCH3 is 1. The van der Waals surface area contributed by atoms with Crippen molar-refractivity contribution in [2.24, 2.45) is 0 Å². The van der Waals surface area contributed by atoms with Crippen molar-refractivity contribution in [2.75, 3.05) is 19.0 Å². The molecule has 1 N–H and O–H groups in total. The van der Waals surface area contributed by atoms with Gasteiger partial charge in [0.15, 0.2) is 0 Å². The van der Waals surface area contributed by atoms with E-state index in [1.807, 2.05) is 6.92 Å². The first kappa shape index (κ1) is 16.6. The molecule has 0 bridgehead atoms. The van der Waals surface area contributed by atoms with Crippen LogP contribution in [-0.4, -0.2) is 25.8 Å². The lowest BCUT2D eigenvalue weighted by molar-refractivity contribution is 0.0601. The Hall–Kier alpha value is -1.46. The molecule has 0 heterocycles. The number of benzene rings is 1. The van der Waals surface area contributed by atoms with Gasteiger partial charge in [-0.25, -0.2) is 9.59 Å². The molecule has 0 saturated heterocycles. The highest BCUT2D eigenvalue weighted by Gasteiger charge is 2.19. The van der Waals surface area contributed by atoms with Gasteiger partial charge in [0.2, 0.25) is 0 Å². The maximum atomic E-state index is 11.6. The van der Waals surface area contributed by atoms with Gasteiger partial charge in [-0.2, -0.15) is 0 Å². The molecule has 0 unspecified atom stereocenters. The molecule has 5 nitrogen and oxygen atoms in total. The number of amides is 1. The zero-order valence-electron chi connectivity index (χ0n) is 11.2. The number of esters is 1. The topological polar surface area (TPSA) is 64.6 Å². The largest absolute Gasteiger partial charge is 0.465 e. The van der Waals surface area contributed by atoms with Gasteiger partial charge in [-0.05, 0) is 18.6 Å². The van der Waals surface area contributed by atoms with E-state index in [-0.39, 0.29) is 21.3 Å². The van der Waals surface area contributed by atoms with Gasteiger partial charge in [0.1, 0.15) is 0 Å². The third kappa shape index (κ3) is 4.28. The van der Waals surface area contributed by atoms with Crippen molar-refractivity contribution in [1.29, 1.82) is 0 Å². The number of halogens is 2. The van der Waals surface area contributed by atoms with Gasteiger partial charge >= 0.3 is 12.1 Å². The van der Waals surface area contributed by atoms with Crippen LogP contribution in [0.1, 0.15) is 30.1 Å². The van der Waals surface area contributed by atoms with Crippen LogP contribution in [0.25, 0.3) is 0 Å². The summed E-state index contributed by atoms with van der Waals surface area (Å²) in [5, 5.41) is 2.61. The lowest BCUT2D eigenvalue weighted by Gasteiger charge is -2.11. The molecule has 7 heteroatoms. The summed E-state index contributed by atoms with van der Waals surface area (Å²) >= 11 is 11.9. The molecular formula is C13H15Cl2NO4. The molecule has 0 aliphatic rings. The third-order valence-corrected chi connectivity index (χ3v) is 3.16. The van der Waals surface area contributed by atoms with E-state index >= 15 is 0 Å². The van der Waals surface area contributed by atoms with Crippen molar-refractivity contribution in [3.63, 3.8) is 0 Å². The summed E-state index contributed by atoms with van der Waals surface area (Å²) in [6.45, 7) is 2.30. The molecule has 110 valence electrons. The molecule has 1 aromatic carbocycles. The van der Waals surface area contributed by atoms with Crippen LogP contribution >= 0.6 is 23.2 Å². The van der Waals surface area contributed by atoms with Crippen molar-refractivity contribution in [2.45, 2.75) is 19.8 Å². The molecule has 20 heavy (non-hydrogen) atoms. The van der Waals surface area contributed by atoms with Gasteiger partial charge in [0, 0.05) is 0 Å². The zero-order valence-corrected chi connectivity index (χ0v) is 12.7. The first-order valence-electron chi connectivity index (χ1n) is 6.01. The first-order chi connectivity index (χ1) is 9.51. The molecule has 1 aromatic rings. The second-order valence-corrected chi connectivity index (χ2v) is 4.68. The van der Waals surface area contributed by atoms with Crippen LogP contribution in [0, 0.1) is 0 Å². The van der Waals surface area contributed by atoms with Gasteiger partial charge in [-0.1, -0.05) is 36.5 Å². The summed E-state index contributed by atoms with van der Waals surface area (Å²) < 4.78 is 9.53. The van der Waals surface area contributed by atoms with Crippen LogP contribution in [0.15, 0.2) is 12.1 Å². The highest BCUT2D eigenvalue weighted by molar-refractivity contribution is 6.41. The Labute approximate surface area is 127 Å². The van der Waals surface area contributed by atoms with E-state index in [0.717, 1.165) is 12.8 Å². The second-order valence-electron chi connectivity index (χ2n) is 3.89.